The minimum atomic E-state index is -0.312. The van der Waals surface area contributed by atoms with Crippen molar-refractivity contribution >= 4 is 38.0 Å². The fourth-order valence-corrected chi connectivity index (χ4v) is 3.83. The highest BCUT2D eigenvalue weighted by Crippen LogP contribution is 2.41. The number of nitrogens with zero attached hydrogens (tertiary/aromatic N) is 1. The van der Waals surface area contributed by atoms with Crippen LogP contribution in [-0.4, -0.2) is 4.92 Å². The molecular formula is C22H13NO2. The first kappa shape index (κ1) is 13.9. The first-order chi connectivity index (χ1) is 12.2. The molecule has 0 aliphatic carbocycles. The van der Waals surface area contributed by atoms with Gasteiger partial charge in [-0.25, -0.2) is 0 Å². The van der Waals surface area contributed by atoms with E-state index >= 15 is 0 Å². The molecule has 0 saturated heterocycles. The van der Waals surface area contributed by atoms with Crippen LogP contribution >= 0.6 is 0 Å². The summed E-state index contributed by atoms with van der Waals surface area (Å²) in [5.74, 6) is 0. The van der Waals surface area contributed by atoms with Gasteiger partial charge in [-0.1, -0.05) is 66.7 Å². The number of para-hydroxylation sites is 1. The van der Waals surface area contributed by atoms with Crippen molar-refractivity contribution in [3.8, 4) is 11.1 Å². The molecular weight excluding hydrogens is 310 g/mol. The fraction of sp³-hybridized carbons (Fsp3) is 0. The lowest BCUT2D eigenvalue weighted by atomic mass is 9.89. The van der Waals surface area contributed by atoms with Gasteiger partial charge in [0.15, 0.2) is 0 Å². The van der Waals surface area contributed by atoms with Crippen LogP contribution < -0.4 is 0 Å². The van der Waals surface area contributed by atoms with E-state index in [-0.39, 0.29) is 10.6 Å². The highest BCUT2D eigenvalue weighted by Gasteiger charge is 2.18. The Morgan fingerprint density at radius 2 is 1.24 bits per heavy atom. The Balaban J connectivity index is 1.97. The normalized spacial score (nSPS) is 11.5. The number of benzene rings is 5. The molecule has 0 unspecified atom stereocenters. The average molecular weight is 323 g/mol. The van der Waals surface area contributed by atoms with Crippen molar-refractivity contribution in [1.82, 2.24) is 0 Å². The molecule has 5 rings (SSSR count). The zero-order valence-corrected chi connectivity index (χ0v) is 13.3. The second-order valence-corrected chi connectivity index (χ2v) is 6.24. The summed E-state index contributed by atoms with van der Waals surface area (Å²) in [5.41, 5.74) is 1.70. The highest BCUT2D eigenvalue weighted by atomic mass is 16.6. The average Bonchev–Trinajstić information content (AvgIpc) is 2.66. The Bertz CT molecular complexity index is 1260. The molecule has 0 saturated carbocycles. The number of nitro groups is 1. The summed E-state index contributed by atoms with van der Waals surface area (Å²) in [6.07, 6.45) is 0. The molecule has 0 radical (unpaired) electrons. The van der Waals surface area contributed by atoms with Crippen molar-refractivity contribution in [3.63, 3.8) is 0 Å². The van der Waals surface area contributed by atoms with Crippen molar-refractivity contribution in [3.05, 3.63) is 89.0 Å². The molecule has 5 aromatic rings. The molecule has 0 aliphatic heterocycles. The molecule has 0 atom stereocenters. The van der Waals surface area contributed by atoms with E-state index in [1.807, 2.05) is 18.2 Å². The Morgan fingerprint density at radius 1 is 0.600 bits per heavy atom. The minimum Gasteiger partial charge on any atom is -0.258 e. The van der Waals surface area contributed by atoms with Crippen molar-refractivity contribution in [2.24, 2.45) is 0 Å². The molecule has 0 spiro atoms. The maximum Gasteiger partial charge on any atom is 0.277 e. The Kier molecular flexibility index (Phi) is 2.80. The van der Waals surface area contributed by atoms with Crippen LogP contribution in [0.15, 0.2) is 78.9 Å². The molecule has 3 nitrogen and oxygen atoms in total. The zero-order chi connectivity index (χ0) is 17.0. The predicted molar refractivity (Wildman–Crippen MR) is 102 cm³/mol. The Hall–Kier alpha value is -3.46. The van der Waals surface area contributed by atoms with Crippen LogP contribution in [-0.2, 0) is 0 Å². The summed E-state index contributed by atoms with van der Waals surface area (Å²) >= 11 is 0. The first-order valence-electron chi connectivity index (χ1n) is 8.14. The lowest BCUT2D eigenvalue weighted by Gasteiger charge is -2.14. The van der Waals surface area contributed by atoms with Gasteiger partial charge in [-0.2, -0.15) is 0 Å². The van der Waals surface area contributed by atoms with Gasteiger partial charge < -0.3 is 0 Å². The van der Waals surface area contributed by atoms with E-state index in [0.29, 0.717) is 5.56 Å². The van der Waals surface area contributed by atoms with Crippen LogP contribution in [0.3, 0.4) is 0 Å². The van der Waals surface area contributed by atoms with Crippen molar-refractivity contribution in [2.75, 3.05) is 0 Å². The maximum absolute atomic E-state index is 11.5. The van der Waals surface area contributed by atoms with Crippen LogP contribution in [0.4, 0.5) is 5.69 Å². The first-order valence-corrected chi connectivity index (χ1v) is 8.14. The number of nitro benzene ring substituents is 1. The van der Waals surface area contributed by atoms with Gasteiger partial charge in [-0.05, 0) is 43.9 Å². The quantitative estimate of drug-likeness (QED) is 0.222. The van der Waals surface area contributed by atoms with E-state index in [4.69, 9.17) is 0 Å². The molecule has 0 bridgehead atoms. The molecule has 3 heteroatoms. The summed E-state index contributed by atoms with van der Waals surface area (Å²) in [4.78, 5) is 11.2. The van der Waals surface area contributed by atoms with Gasteiger partial charge in [0, 0.05) is 6.07 Å². The van der Waals surface area contributed by atoms with Gasteiger partial charge in [0.25, 0.3) is 5.69 Å². The fourth-order valence-electron chi connectivity index (χ4n) is 3.83. The maximum atomic E-state index is 11.5. The van der Waals surface area contributed by atoms with Crippen molar-refractivity contribution in [2.45, 2.75) is 0 Å². The second kappa shape index (κ2) is 5.02. The molecule has 0 heterocycles. The number of hydrogen-bond acceptors (Lipinski definition) is 2. The SMILES string of the molecule is O=[N+]([O-])c1ccccc1-c1ccc2ccc3cccc4ccc1c2c34. The smallest absolute Gasteiger partial charge is 0.258 e. The van der Waals surface area contributed by atoms with E-state index in [9.17, 15) is 10.1 Å². The van der Waals surface area contributed by atoms with E-state index in [1.165, 1.54) is 21.5 Å². The molecule has 25 heavy (non-hydrogen) atoms. The monoisotopic (exact) mass is 323 g/mol. The molecule has 0 aliphatic rings. The lowest BCUT2D eigenvalue weighted by Crippen LogP contribution is -1.93. The van der Waals surface area contributed by atoms with Crippen molar-refractivity contribution in [1.29, 1.82) is 0 Å². The van der Waals surface area contributed by atoms with Crippen LogP contribution in [0, 0.1) is 10.1 Å². The molecule has 0 N–H and O–H groups in total. The van der Waals surface area contributed by atoms with Crippen LogP contribution in [0.1, 0.15) is 0 Å². The molecule has 5 aromatic carbocycles. The summed E-state index contributed by atoms with van der Waals surface area (Å²) in [6.45, 7) is 0. The topological polar surface area (TPSA) is 43.1 Å². The number of hydrogen-bond donors (Lipinski definition) is 0. The van der Waals surface area contributed by atoms with Gasteiger partial charge in [0.2, 0.25) is 0 Å². The van der Waals surface area contributed by atoms with E-state index in [1.54, 1.807) is 12.1 Å². The second-order valence-electron chi connectivity index (χ2n) is 6.24. The van der Waals surface area contributed by atoms with Gasteiger partial charge >= 0.3 is 0 Å². The number of rotatable bonds is 2. The third-order valence-corrected chi connectivity index (χ3v) is 4.92. The molecule has 118 valence electrons. The predicted octanol–water partition coefficient (Wildman–Crippen LogP) is 6.16. The van der Waals surface area contributed by atoms with Gasteiger partial charge in [0.05, 0.1) is 10.5 Å². The van der Waals surface area contributed by atoms with E-state index in [2.05, 4.69) is 48.5 Å². The third kappa shape index (κ3) is 1.93. The van der Waals surface area contributed by atoms with E-state index in [0.717, 1.165) is 16.3 Å². The molecule has 0 amide bonds. The van der Waals surface area contributed by atoms with Crippen LogP contribution in [0.2, 0.25) is 0 Å². The van der Waals surface area contributed by atoms with Crippen LogP contribution in [0.25, 0.3) is 43.4 Å². The summed E-state index contributed by atoms with van der Waals surface area (Å²) in [6, 6.07) is 25.7. The van der Waals surface area contributed by atoms with Crippen LogP contribution in [0.5, 0.6) is 0 Å². The Morgan fingerprint density at radius 3 is 2.00 bits per heavy atom. The highest BCUT2D eigenvalue weighted by molar-refractivity contribution is 6.25. The largest absolute Gasteiger partial charge is 0.277 e. The molecule has 0 aromatic heterocycles. The molecule has 0 fully saturated rings. The van der Waals surface area contributed by atoms with Crippen molar-refractivity contribution < 1.29 is 4.92 Å². The summed E-state index contributed by atoms with van der Waals surface area (Å²) in [7, 11) is 0. The van der Waals surface area contributed by atoms with Gasteiger partial charge in [0.1, 0.15) is 0 Å². The summed E-state index contributed by atoms with van der Waals surface area (Å²) in [5, 5.41) is 18.4. The Labute approximate surface area is 143 Å². The zero-order valence-electron chi connectivity index (χ0n) is 13.3. The van der Waals surface area contributed by atoms with Gasteiger partial charge in [-0.3, -0.25) is 10.1 Å². The summed E-state index contributed by atoms with van der Waals surface area (Å²) < 4.78 is 0. The standard InChI is InChI=1S/C22H13NO2/c24-23(25)20-7-2-1-6-18(20)17-12-10-16-9-8-14-4-3-5-15-11-13-19(17)22(16)21(14)15/h1-13H. The van der Waals surface area contributed by atoms with Gasteiger partial charge in [-0.15, -0.1) is 0 Å². The lowest BCUT2D eigenvalue weighted by molar-refractivity contribution is -0.384. The third-order valence-electron chi connectivity index (χ3n) is 4.92. The van der Waals surface area contributed by atoms with E-state index < -0.39 is 0 Å². The minimum absolute atomic E-state index is 0.137.